The van der Waals surface area contributed by atoms with Crippen LogP contribution in [0.4, 0.5) is 5.69 Å². The Morgan fingerprint density at radius 3 is 2.80 bits per heavy atom. The Kier molecular flexibility index (Phi) is 3.72. The molecule has 1 aromatic heterocycles. The summed E-state index contributed by atoms with van der Waals surface area (Å²) in [6.07, 6.45) is 5.13. The van der Waals surface area contributed by atoms with Crippen LogP contribution in [0.3, 0.4) is 0 Å². The Labute approximate surface area is 119 Å². The number of nitrogens with zero attached hydrogens (tertiary/aromatic N) is 2. The molecule has 0 amide bonds. The molecule has 2 aromatic rings. The number of hydrogen-bond donors (Lipinski definition) is 1. The van der Waals surface area contributed by atoms with Gasteiger partial charge in [0.1, 0.15) is 0 Å². The van der Waals surface area contributed by atoms with Gasteiger partial charge in [-0.05, 0) is 30.9 Å². The van der Waals surface area contributed by atoms with Gasteiger partial charge in [0.2, 0.25) is 11.8 Å². The van der Waals surface area contributed by atoms with E-state index in [9.17, 15) is 0 Å². The first kappa shape index (κ1) is 13.2. The van der Waals surface area contributed by atoms with Gasteiger partial charge >= 0.3 is 0 Å². The van der Waals surface area contributed by atoms with E-state index in [1.54, 1.807) is 0 Å². The minimum absolute atomic E-state index is 0.545. The standard InChI is InChI=1S/C16H21N3O/c1-11-6-5-7-13(10-11)17-15-9-4-3-8-14(15)16-19-18-12(2)20-16/h3-4,8-9,11,13,17H,5-7,10H2,1-2H3. The molecule has 1 aliphatic rings. The average Bonchev–Trinajstić information content (AvgIpc) is 2.86. The van der Waals surface area contributed by atoms with E-state index in [4.69, 9.17) is 4.42 Å². The van der Waals surface area contributed by atoms with E-state index in [-0.39, 0.29) is 0 Å². The quantitative estimate of drug-likeness (QED) is 0.915. The second-order valence-corrected chi connectivity index (χ2v) is 5.78. The molecule has 2 unspecified atom stereocenters. The van der Waals surface area contributed by atoms with Crippen molar-refractivity contribution in [3.05, 3.63) is 30.2 Å². The molecule has 1 fully saturated rings. The minimum Gasteiger partial charge on any atom is -0.421 e. The van der Waals surface area contributed by atoms with Gasteiger partial charge in [-0.25, -0.2) is 0 Å². The van der Waals surface area contributed by atoms with E-state index in [0.29, 0.717) is 17.8 Å². The van der Waals surface area contributed by atoms with Gasteiger partial charge in [-0.3, -0.25) is 0 Å². The SMILES string of the molecule is Cc1nnc(-c2ccccc2NC2CCCC(C)C2)o1. The topological polar surface area (TPSA) is 51.0 Å². The number of nitrogens with one attached hydrogen (secondary N) is 1. The second kappa shape index (κ2) is 5.65. The van der Waals surface area contributed by atoms with Gasteiger partial charge in [-0.2, -0.15) is 0 Å². The molecule has 0 bridgehead atoms. The molecule has 0 saturated heterocycles. The third kappa shape index (κ3) is 2.84. The van der Waals surface area contributed by atoms with E-state index in [1.165, 1.54) is 25.7 Å². The summed E-state index contributed by atoms with van der Waals surface area (Å²) in [5.41, 5.74) is 2.08. The lowest BCUT2D eigenvalue weighted by Crippen LogP contribution is -2.26. The molecular formula is C16H21N3O. The minimum atomic E-state index is 0.545. The van der Waals surface area contributed by atoms with Crippen LogP contribution in [0.25, 0.3) is 11.5 Å². The summed E-state index contributed by atoms with van der Waals surface area (Å²) in [5, 5.41) is 11.7. The lowest BCUT2D eigenvalue weighted by atomic mass is 9.87. The Balaban J connectivity index is 1.83. The van der Waals surface area contributed by atoms with Gasteiger partial charge in [-0.15, -0.1) is 10.2 Å². The summed E-state index contributed by atoms with van der Waals surface area (Å²) in [6.45, 7) is 4.15. The molecule has 1 saturated carbocycles. The maximum atomic E-state index is 5.56. The van der Waals surface area contributed by atoms with Gasteiger partial charge < -0.3 is 9.73 Å². The first-order chi connectivity index (χ1) is 9.72. The fourth-order valence-electron chi connectivity index (χ4n) is 2.99. The predicted octanol–water partition coefficient (Wildman–Crippen LogP) is 4.04. The van der Waals surface area contributed by atoms with Gasteiger partial charge in [0, 0.05) is 18.7 Å². The van der Waals surface area contributed by atoms with Crippen LogP contribution >= 0.6 is 0 Å². The third-order valence-corrected chi connectivity index (χ3v) is 3.98. The zero-order valence-corrected chi connectivity index (χ0v) is 12.1. The molecule has 1 N–H and O–H groups in total. The first-order valence-corrected chi connectivity index (χ1v) is 7.38. The Morgan fingerprint density at radius 2 is 2.05 bits per heavy atom. The Morgan fingerprint density at radius 1 is 1.20 bits per heavy atom. The van der Waals surface area contributed by atoms with Crippen LogP contribution in [0.1, 0.15) is 38.5 Å². The number of benzene rings is 1. The zero-order valence-electron chi connectivity index (χ0n) is 12.1. The number of aryl methyl sites for hydroxylation is 1. The lowest BCUT2D eigenvalue weighted by molar-refractivity contribution is 0.358. The van der Waals surface area contributed by atoms with Crippen molar-refractivity contribution < 1.29 is 4.42 Å². The molecule has 20 heavy (non-hydrogen) atoms. The summed E-state index contributed by atoms with van der Waals surface area (Å²) in [6, 6.07) is 8.71. The summed E-state index contributed by atoms with van der Waals surface area (Å²) >= 11 is 0. The molecule has 3 rings (SSSR count). The van der Waals surface area contributed by atoms with Crippen LogP contribution in [-0.2, 0) is 0 Å². The van der Waals surface area contributed by atoms with Crippen molar-refractivity contribution in [3.63, 3.8) is 0 Å². The van der Waals surface area contributed by atoms with Gasteiger partial charge in [-0.1, -0.05) is 31.9 Å². The molecule has 0 spiro atoms. The van der Waals surface area contributed by atoms with Gasteiger partial charge in [0.25, 0.3) is 0 Å². The molecule has 2 atom stereocenters. The molecule has 1 aliphatic carbocycles. The highest BCUT2D eigenvalue weighted by Gasteiger charge is 2.20. The van der Waals surface area contributed by atoms with Crippen LogP contribution in [0, 0.1) is 12.8 Å². The fraction of sp³-hybridized carbons (Fsp3) is 0.500. The molecule has 1 heterocycles. The monoisotopic (exact) mass is 271 g/mol. The van der Waals surface area contributed by atoms with Crippen LogP contribution in [0.2, 0.25) is 0 Å². The Bertz CT molecular complexity index is 579. The van der Waals surface area contributed by atoms with Gasteiger partial charge in [0.15, 0.2) is 0 Å². The molecule has 0 aliphatic heterocycles. The van der Waals surface area contributed by atoms with E-state index < -0.39 is 0 Å². The largest absolute Gasteiger partial charge is 0.421 e. The van der Waals surface area contributed by atoms with Crippen LogP contribution < -0.4 is 5.32 Å². The number of rotatable bonds is 3. The molecule has 0 radical (unpaired) electrons. The summed E-state index contributed by atoms with van der Waals surface area (Å²) in [5.74, 6) is 2.00. The van der Waals surface area contributed by atoms with Crippen molar-refractivity contribution in [2.45, 2.75) is 45.6 Å². The molecule has 4 heteroatoms. The highest BCUT2D eigenvalue weighted by Crippen LogP contribution is 2.31. The van der Waals surface area contributed by atoms with Crippen LogP contribution in [0.15, 0.2) is 28.7 Å². The van der Waals surface area contributed by atoms with Gasteiger partial charge in [0.05, 0.1) is 5.56 Å². The molecule has 106 valence electrons. The third-order valence-electron chi connectivity index (χ3n) is 3.98. The van der Waals surface area contributed by atoms with Crippen molar-refractivity contribution in [1.29, 1.82) is 0 Å². The fourth-order valence-corrected chi connectivity index (χ4v) is 2.99. The summed E-state index contributed by atoms with van der Waals surface area (Å²) in [7, 11) is 0. The summed E-state index contributed by atoms with van der Waals surface area (Å²) in [4.78, 5) is 0. The number of para-hydroxylation sites is 1. The summed E-state index contributed by atoms with van der Waals surface area (Å²) < 4.78 is 5.56. The number of hydrogen-bond acceptors (Lipinski definition) is 4. The van der Waals surface area contributed by atoms with Crippen molar-refractivity contribution >= 4 is 5.69 Å². The maximum Gasteiger partial charge on any atom is 0.249 e. The van der Waals surface area contributed by atoms with E-state index in [1.807, 2.05) is 25.1 Å². The van der Waals surface area contributed by atoms with Crippen molar-refractivity contribution in [1.82, 2.24) is 10.2 Å². The molecule has 1 aromatic carbocycles. The Hall–Kier alpha value is -1.84. The lowest BCUT2D eigenvalue weighted by Gasteiger charge is -2.28. The smallest absolute Gasteiger partial charge is 0.249 e. The van der Waals surface area contributed by atoms with E-state index in [2.05, 4.69) is 28.5 Å². The van der Waals surface area contributed by atoms with Crippen molar-refractivity contribution in [2.75, 3.05) is 5.32 Å². The highest BCUT2D eigenvalue weighted by atomic mass is 16.4. The number of aromatic nitrogens is 2. The predicted molar refractivity (Wildman–Crippen MR) is 79.5 cm³/mol. The second-order valence-electron chi connectivity index (χ2n) is 5.78. The van der Waals surface area contributed by atoms with E-state index in [0.717, 1.165) is 17.2 Å². The number of anilines is 1. The zero-order chi connectivity index (χ0) is 13.9. The average molecular weight is 271 g/mol. The highest BCUT2D eigenvalue weighted by molar-refractivity contribution is 5.72. The normalized spacial score (nSPS) is 22.7. The van der Waals surface area contributed by atoms with Crippen molar-refractivity contribution in [2.24, 2.45) is 5.92 Å². The van der Waals surface area contributed by atoms with Crippen LogP contribution in [-0.4, -0.2) is 16.2 Å². The van der Waals surface area contributed by atoms with Crippen molar-refractivity contribution in [3.8, 4) is 11.5 Å². The first-order valence-electron chi connectivity index (χ1n) is 7.38. The van der Waals surface area contributed by atoms with E-state index >= 15 is 0 Å². The molecule has 4 nitrogen and oxygen atoms in total. The van der Waals surface area contributed by atoms with Crippen LogP contribution in [0.5, 0.6) is 0 Å². The maximum absolute atomic E-state index is 5.56. The molecular weight excluding hydrogens is 250 g/mol.